The Kier molecular flexibility index (Phi) is 2.16. The van der Waals surface area contributed by atoms with E-state index in [0.717, 1.165) is 12.8 Å². The zero-order valence-corrected chi connectivity index (χ0v) is 8.95. The molecular formula is C11H21NO. The molecule has 0 radical (unpaired) electrons. The molecule has 3 atom stereocenters. The van der Waals surface area contributed by atoms with Gasteiger partial charge in [0.05, 0.1) is 6.10 Å². The minimum atomic E-state index is -0.0314. The van der Waals surface area contributed by atoms with Crippen molar-refractivity contribution in [3.05, 3.63) is 0 Å². The van der Waals surface area contributed by atoms with Crippen LogP contribution in [0.5, 0.6) is 0 Å². The van der Waals surface area contributed by atoms with Crippen LogP contribution in [-0.2, 0) is 0 Å². The lowest BCUT2D eigenvalue weighted by molar-refractivity contribution is -0.0138. The summed E-state index contributed by atoms with van der Waals surface area (Å²) in [4.78, 5) is 2.62. The highest BCUT2D eigenvalue weighted by atomic mass is 16.3. The summed E-state index contributed by atoms with van der Waals surface area (Å²) in [5, 5.41) is 9.65. The third kappa shape index (κ3) is 1.62. The van der Waals surface area contributed by atoms with Crippen molar-refractivity contribution in [1.29, 1.82) is 0 Å². The molecule has 0 aromatic heterocycles. The number of rotatable bonds is 0. The van der Waals surface area contributed by atoms with Crippen molar-refractivity contribution in [2.45, 2.75) is 70.2 Å². The molecule has 0 unspecified atom stereocenters. The lowest BCUT2D eigenvalue weighted by atomic mass is 9.93. The number of hydrogen-bond donors (Lipinski definition) is 1. The smallest absolute Gasteiger partial charge is 0.0570 e. The molecule has 2 heteroatoms. The first-order valence-electron chi connectivity index (χ1n) is 5.45. The third-order valence-electron chi connectivity index (χ3n) is 3.48. The van der Waals surface area contributed by atoms with Crippen LogP contribution in [-0.4, -0.2) is 33.7 Å². The first-order valence-corrected chi connectivity index (χ1v) is 5.45. The molecule has 2 heterocycles. The molecule has 2 aliphatic rings. The summed E-state index contributed by atoms with van der Waals surface area (Å²) in [5.41, 5.74) is 0.284. The maximum atomic E-state index is 9.65. The van der Waals surface area contributed by atoms with Crippen molar-refractivity contribution >= 4 is 0 Å². The average molecular weight is 183 g/mol. The van der Waals surface area contributed by atoms with Crippen LogP contribution < -0.4 is 0 Å². The Morgan fingerprint density at radius 3 is 1.92 bits per heavy atom. The summed E-state index contributed by atoms with van der Waals surface area (Å²) in [6.45, 7) is 6.86. The van der Waals surface area contributed by atoms with E-state index in [-0.39, 0.29) is 11.6 Å². The molecule has 0 aromatic carbocycles. The second-order valence-corrected chi connectivity index (χ2v) is 5.59. The number of aliphatic hydroxyl groups is 1. The molecule has 0 spiro atoms. The van der Waals surface area contributed by atoms with Gasteiger partial charge >= 0.3 is 0 Å². The predicted molar refractivity (Wildman–Crippen MR) is 53.6 cm³/mol. The van der Waals surface area contributed by atoms with Gasteiger partial charge in [-0.2, -0.15) is 0 Å². The van der Waals surface area contributed by atoms with Gasteiger partial charge in [0.2, 0.25) is 0 Å². The molecule has 0 amide bonds. The van der Waals surface area contributed by atoms with Crippen LogP contribution in [0.4, 0.5) is 0 Å². The molecule has 2 rings (SSSR count). The normalized spacial score (nSPS) is 41.1. The van der Waals surface area contributed by atoms with Crippen molar-refractivity contribution < 1.29 is 5.11 Å². The van der Waals surface area contributed by atoms with Gasteiger partial charge < -0.3 is 5.11 Å². The van der Waals surface area contributed by atoms with Gasteiger partial charge in [-0.3, -0.25) is 4.90 Å². The van der Waals surface area contributed by atoms with Crippen molar-refractivity contribution in [3.8, 4) is 0 Å². The summed E-state index contributed by atoms with van der Waals surface area (Å²) in [6.07, 6.45) is 4.54. The Morgan fingerprint density at radius 2 is 1.54 bits per heavy atom. The second kappa shape index (κ2) is 2.96. The fourth-order valence-electron chi connectivity index (χ4n) is 3.24. The monoisotopic (exact) mass is 183 g/mol. The Hall–Kier alpha value is -0.0800. The van der Waals surface area contributed by atoms with Crippen LogP contribution in [0.15, 0.2) is 0 Å². The SMILES string of the molecule is CC(C)(C)N1[C@@H]2CC[C@H]1C[C@H](O)C2. The molecule has 0 saturated carbocycles. The number of nitrogens with zero attached hydrogens (tertiary/aromatic N) is 1. The first-order chi connectivity index (χ1) is 5.98. The van der Waals surface area contributed by atoms with E-state index in [9.17, 15) is 5.11 Å². The lowest BCUT2D eigenvalue weighted by Crippen LogP contribution is -2.53. The number of fused-ring (bicyclic) bond motifs is 2. The highest BCUT2D eigenvalue weighted by Gasteiger charge is 2.44. The van der Waals surface area contributed by atoms with Crippen LogP contribution in [0.3, 0.4) is 0 Å². The topological polar surface area (TPSA) is 23.5 Å². The maximum Gasteiger partial charge on any atom is 0.0570 e. The van der Waals surface area contributed by atoms with Crippen LogP contribution >= 0.6 is 0 Å². The quantitative estimate of drug-likeness (QED) is 0.618. The van der Waals surface area contributed by atoms with E-state index in [0.29, 0.717) is 12.1 Å². The Morgan fingerprint density at radius 1 is 1.08 bits per heavy atom. The molecule has 2 bridgehead atoms. The first kappa shape index (κ1) is 9.47. The fraction of sp³-hybridized carbons (Fsp3) is 1.00. The summed E-state index contributed by atoms with van der Waals surface area (Å²) >= 11 is 0. The second-order valence-electron chi connectivity index (χ2n) is 5.59. The van der Waals surface area contributed by atoms with E-state index in [2.05, 4.69) is 25.7 Å². The maximum absolute atomic E-state index is 9.65. The molecule has 0 aliphatic carbocycles. The van der Waals surface area contributed by atoms with E-state index in [1.54, 1.807) is 0 Å². The van der Waals surface area contributed by atoms with E-state index < -0.39 is 0 Å². The molecule has 2 fully saturated rings. The molecule has 2 saturated heterocycles. The molecule has 13 heavy (non-hydrogen) atoms. The van der Waals surface area contributed by atoms with Crippen LogP contribution in [0.25, 0.3) is 0 Å². The van der Waals surface area contributed by atoms with Gasteiger partial charge in [0.15, 0.2) is 0 Å². The predicted octanol–water partition coefficient (Wildman–Crippen LogP) is 1.77. The van der Waals surface area contributed by atoms with Gasteiger partial charge in [-0.1, -0.05) is 0 Å². The van der Waals surface area contributed by atoms with Gasteiger partial charge in [0.1, 0.15) is 0 Å². The molecule has 1 N–H and O–H groups in total. The van der Waals surface area contributed by atoms with Crippen molar-refractivity contribution in [1.82, 2.24) is 4.90 Å². The minimum Gasteiger partial charge on any atom is -0.393 e. The van der Waals surface area contributed by atoms with Gasteiger partial charge in [-0.15, -0.1) is 0 Å². The average Bonchev–Trinajstić information content (AvgIpc) is 2.23. The van der Waals surface area contributed by atoms with Crippen LogP contribution in [0.2, 0.25) is 0 Å². The van der Waals surface area contributed by atoms with Crippen molar-refractivity contribution in [2.75, 3.05) is 0 Å². The highest BCUT2D eigenvalue weighted by Crippen LogP contribution is 2.40. The van der Waals surface area contributed by atoms with Gasteiger partial charge in [-0.05, 0) is 46.5 Å². The fourth-order valence-corrected chi connectivity index (χ4v) is 3.24. The molecule has 0 aromatic rings. The van der Waals surface area contributed by atoms with Crippen LogP contribution in [0.1, 0.15) is 46.5 Å². The summed E-state index contributed by atoms with van der Waals surface area (Å²) in [7, 11) is 0. The number of hydrogen-bond acceptors (Lipinski definition) is 2. The zero-order chi connectivity index (χ0) is 9.64. The summed E-state index contributed by atoms with van der Waals surface area (Å²) in [5.74, 6) is 0. The zero-order valence-electron chi connectivity index (χ0n) is 8.95. The van der Waals surface area contributed by atoms with Gasteiger partial charge in [-0.25, -0.2) is 0 Å². The van der Waals surface area contributed by atoms with Gasteiger partial charge in [0, 0.05) is 17.6 Å². The van der Waals surface area contributed by atoms with Crippen molar-refractivity contribution in [2.24, 2.45) is 0 Å². The van der Waals surface area contributed by atoms with Crippen molar-refractivity contribution in [3.63, 3.8) is 0 Å². The van der Waals surface area contributed by atoms with E-state index in [1.165, 1.54) is 12.8 Å². The largest absolute Gasteiger partial charge is 0.393 e. The van der Waals surface area contributed by atoms with Crippen LogP contribution in [0, 0.1) is 0 Å². The van der Waals surface area contributed by atoms with E-state index >= 15 is 0 Å². The standard InChI is InChI=1S/C11H21NO/c1-11(2,3)12-8-4-5-9(12)7-10(13)6-8/h8-10,13H,4-7H2,1-3H3/t8-,9+,10-. The van der Waals surface area contributed by atoms with Gasteiger partial charge in [0.25, 0.3) is 0 Å². The summed E-state index contributed by atoms with van der Waals surface area (Å²) in [6, 6.07) is 1.29. The third-order valence-corrected chi connectivity index (χ3v) is 3.48. The lowest BCUT2D eigenvalue weighted by Gasteiger charge is -2.45. The Bertz CT molecular complexity index is 183. The molecule has 2 nitrogen and oxygen atoms in total. The summed E-state index contributed by atoms with van der Waals surface area (Å²) < 4.78 is 0. The Labute approximate surface area is 80.9 Å². The highest BCUT2D eigenvalue weighted by molar-refractivity contribution is 4.99. The Balaban J connectivity index is 2.15. The van der Waals surface area contributed by atoms with E-state index in [4.69, 9.17) is 0 Å². The molecular weight excluding hydrogens is 162 g/mol. The number of piperidine rings is 1. The molecule has 2 aliphatic heterocycles. The van der Waals surface area contributed by atoms with E-state index in [1.807, 2.05) is 0 Å². The minimum absolute atomic E-state index is 0.0314. The molecule has 76 valence electrons. The number of aliphatic hydroxyl groups excluding tert-OH is 1.